The monoisotopic (exact) mass is 205 g/mol. The highest BCUT2D eigenvalue weighted by molar-refractivity contribution is 5.36. The highest BCUT2D eigenvalue weighted by atomic mass is 16.3. The second kappa shape index (κ2) is 4.77. The van der Waals surface area contributed by atoms with E-state index in [1.54, 1.807) is 0 Å². The zero-order valence-corrected chi connectivity index (χ0v) is 9.29. The van der Waals surface area contributed by atoms with Crippen LogP contribution in [0.4, 0.5) is 0 Å². The second-order valence-electron chi connectivity index (χ2n) is 4.21. The van der Waals surface area contributed by atoms with Gasteiger partial charge in [0.15, 0.2) is 0 Å². The van der Waals surface area contributed by atoms with Crippen molar-refractivity contribution in [2.24, 2.45) is 0 Å². The van der Waals surface area contributed by atoms with E-state index in [2.05, 4.69) is 30.4 Å². The van der Waals surface area contributed by atoms with Crippen LogP contribution in [0.1, 0.15) is 36.1 Å². The van der Waals surface area contributed by atoms with Crippen LogP contribution in [0.2, 0.25) is 0 Å². The minimum atomic E-state index is -0.365. The fourth-order valence-electron chi connectivity index (χ4n) is 2.20. The Kier molecular flexibility index (Phi) is 3.39. The Morgan fingerprint density at radius 2 is 2.13 bits per heavy atom. The van der Waals surface area contributed by atoms with Crippen LogP contribution >= 0.6 is 0 Å². The molecule has 1 aliphatic rings. The first-order chi connectivity index (χ1) is 7.31. The van der Waals surface area contributed by atoms with Crippen LogP contribution in [0, 0.1) is 0 Å². The maximum atomic E-state index is 9.92. The first kappa shape index (κ1) is 10.7. The van der Waals surface area contributed by atoms with Gasteiger partial charge in [0, 0.05) is 6.54 Å². The van der Waals surface area contributed by atoms with E-state index in [0.29, 0.717) is 6.54 Å². The highest BCUT2D eigenvalue weighted by Crippen LogP contribution is 2.25. The van der Waals surface area contributed by atoms with Gasteiger partial charge in [-0.05, 0) is 42.5 Å². The molecule has 0 aromatic heterocycles. The summed E-state index contributed by atoms with van der Waals surface area (Å²) in [6.45, 7) is 3.60. The third kappa shape index (κ3) is 2.39. The number of benzene rings is 1. The van der Waals surface area contributed by atoms with E-state index >= 15 is 0 Å². The average molecular weight is 205 g/mol. The van der Waals surface area contributed by atoms with Crippen LogP contribution in [-0.4, -0.2) is 18.2 Å². The van der Waals surface area contributed by atoms with Gasteiger partial charge >= 0.3 is 0 Å². The summed E-state index contributed by atoms with van der Waals surface area (Å²) >= 11 is 0. The van der Waals surface area contributed by atoms with E-state index in [4.69, 9.17) is 0 Å². The zero-order valence-electron chi connectivity index (χ0n) is 9.29. The second-order valence-corrected chi connectivity index (χ2v) is 4.21. The molecule has 2 N–H and O–H groups in total. The van der Waals surface area contributed by atoms with Gasteiger partial charge in [-0.1, -0.05) is 25.1 Å². The van der Waals surface area contributed by atoms with Gasteiger partial charge in [0.1, 0.15) is 0 Å². The van der Waals surface area contributed by atoms with Gasteiger partial charge < -0.3 is 10.4 Å². The number of aryl methyl sites for hydroxylation is 2. The van der Waals surface area contributed by atoms with Crippen molar-refractivity contribution in [1.82, 2.24) is 5.32 Å². The molecule has 0 bridgehead atoms. The van der Waals surface area contributed by atoms with Crippen LogP contribution in [0.5, 0.6) is 0 Å². The van der Waals surface area contributed by atoms with Gasteiger partial charge in [0.2, 0.25) is 0 Å². The van der Waals surface area contributed by atoms with Gasteiger partial charge in [-0.2, -0.15) is 0 Å². The lowest BCUT2D eigenvalue weighted by Gasteiger charge is -2.12. The van der Waals surface area contributed by atoms with Crippen molar-refractivity contribution < 1.29 is 5.11 Å². The van der Waals surface area contributed by atoms with Crippen LogP contribution in [-0.2, 0) is 12.8 Å². The van der Waals surface area contributed by atoms with Crippen molar-refractivity contribution in [2.45, 2.75) is 32.3 Å². The lowest BCUT2D eigenvalue weighted by molar-refractivity contribution is 0.175. The molecule has 1 atom stereocenters. The van der Waals surface area contributed by atoms with Gasteiger partial charge in [0.05, 0.1) is 6.10 Å². The third-order valence-electron chi connectivity index (χ3n) is 3.10. The standard InChI is InChI=1S/C13H19NO/c1-2-14-9-13(15)12-7-6-10-4-3-5-11(10)8-12/h6-8,13-15H,2-5,9H2,1H3/t13-/m0/s1. The summed E-state index contributed by atoms with van der Waals surface area (Å²) in [5, 5.41) is 13.1. The molecular formula is C13H19NO. The lowest BCUT2D eigenvalue weighted by atomic mass is 10.0. The number of aliphatic hydroxyl groups is 1. The summed E-state index contributed by atoms with van der Waals surface area (Å²) < 4.78 is 0. The van der Waals surface area contributed by atoms with Crippen LogP contribution in [0.15, 0.2) is 18.2 Å². The summed E-state index contributed by atoms with van der Waals surface area (Å²) in [5.41, 5.74) is 3.95. The number of nitrogens with one attached hydrogen (secondary N) is 1. The highest BCUT2D eigenvalue weighted by Gasteiger charge is 2.13. The Labute approximate surface area is 91.3 Å². The number of hydrogen-bond acceptors (Lipinski definition) is 2. The van der Waals surface area contributed by atoms with Gasteiger partial charge in [-0.15, -0.1) is 0 Å². The molecular weight excluding hydrogens is 186 g/mol. The van der Waals surface area contributed by atoms with Crippen molar-refractivity contribution in [3.63, 3.8) is 0 Å². The quantitative estimate of drug-likeness (QED) is 0.786. The van der Waals surface area contributed by atoms with Gasteiger partial charge in [-0.3, -0.25) is 0 Å². The molecule has 0 spiro atoms. The maximum absolute atomic E-state index is 9.92. The molecule has 2 rings (SSSR count). The molecule has 0 saturated carbocycles. The molecule has 82 valence electrons. The normalized spacial score (nSPS) is 16.4. The molecule has 1 aliphatic carbocycles. The number of fused-ring (bicyclic) bond motifs is 1. The Morgan fingerprint density at radius 1 is 1.33 bits per heavy atom. The SMILES string of the molecule is CCNC[C@H](O)c1ccc2c(c1)CCC2. The number of aliphatic hydroxyl groups excluding tert-OH is 1. The summed E-state index contributed by atoms with van der Waals surface area (Å²) in [6, 6.07) is 6.41. The molecule has 0 aliphatic heterocycles. The Hall–Kier alpha value is -0.860. The summed E-state index contributed by atoms with van der Waals surface area (Å²) in [4.78, 5) is 0. The van der Waals surface area contributed by atoms with Gasteiger partial charge in [-0.25, -0.2) is 0 Å². The maximum Gasteiger partial charge on any atom is 0.0914 e. The molecule has 0 saturated heterocycles. The molecule has 15 heavy (non-hydrogen) atoms. The predicted molar refractivity (Wildman–Crippen MR) is 62.0 cm³/mol. The molecule has 0 radical (unpaired) electrons. The Balaban J connectivity index is 2.08. The molecule has 1 aromatic rings. The topological polar surface area (TPSA) is 32.3 Å². The van der Waals surface area contributed by atoms with Crippen molar-refractivity contribution in [3.8, 4) is 0 Å². The number of hydrogen-bond donors (Lipinski definition) is 2. The average Bonchev–Trinajstić information content (AvgIpc) is 2.72. The van der Waals surface area contributed by atoms with Crippen LogP contribution in [0.25, 0.3) is 0 Å². The van der Waals surface area contributed by atoms with Gasteiger partial charge in [0.25, 0.3) is 0 Å². The van der Waals surface area contributed by atoms with Crippen molar-refractivity contribution in [3.05, 3.63) is 34.9 Å². The van der Waals surface area contributed by atoms with Crippen molar-refractivity contribution >= 4 is 0 Å². The third-order valence-corrected chi connectivity index (χ3v) is 3.10. The van der Waals surface area contributed by atoms with Crippen molar-refractivity contribution in [2.75, 3.05) is 13.1 Å². The Bertz CT molecular complexity index is 335. The van der Waals surface area contributed by atoms with E-state index < -0.39 is 0 Å². The fourth-order valence-corrected chi connectivity index (χ4v) is 2.20. The largest absolute Gasteiger partial charge is 0.387 e. The molecule has 2 nitrogen and oxygen atoms in total. The Morgan fingerprint density at radius 3 is 2.93 bits per heavy atom. The molecule has 0 heterocycles. The summed E-state index contributed by atoms with van der Waals surface area (Å²) in [6.07, 6.45) is 3.29. The molecule has 0 amide bonds. The van der Waals surface area contributed by atoms with Crippen molar-refractivity contribution in [1.29, 1.82) is 0 Å². The minimum Gasteiger partial charge on any atom is -0.387 e. The summed E-state index contributed by atoms with van der Waals surface area (Å²) in [5.74, 6) is 0. The first-order valence-electron chi connectivity index (χ1n) is 5.81. The number of likely N-dealkylation sites (N-methyl/N-ethyl adjacent to an activating group) is 1. The lowest BCUT2D eigenvalue weighted by Crippen LogP contribution is -2.20. The zero-order chi connectivity index (χ0) is 10.7. The molecule has 0 fully saturated rings. The van der Waals surface area contributed by atoms with Crippen LogP contribution in [0.3, 0.4) is 0 Å². The smallest absolute Gasteiger partial charge is 0.0914 e. The molecule has 0 unspecified atom stereocenters. The first-order valence-corrected chi connectivity index (χ1v) is 5.81. The van der Waals surface area contributed by atoms with Crippen LogP contribution < -0.4 is 5.32 Å². The molecule has 2 heteroatoms. The molecule has 1 aromatic carbocycles. The summed E-state index contributed by atoms with van der Waals surface area (Å²) in [7, 11) is 0. The van der Waals surface area contributed by atoms with E-state index in [9.17, 15) is 5.11 Å². The van der Waals surface area contributed by atoms with E-state index in [0.717, 1.165) is 12.1 Å². The number of rotatable bonds is 4. The van der Waals surface area contributed by atoms with E-state index in [-0.39, 0.29) is 6.10 Å². The van der Waals surface area contributed by atoms with E-state index in [1.165, 1.54) is 30.4 Å². The van der Waals surface area contributed by atoms with E-state index in [1.807, 2.05) is 0 Å². The predicted octanol–water partition coefficient (Wildman–Crippen LogP) is 1.82. The fraction of sp³-hybridized carbons (Fsp3) is 0.538. The minimum absolute atomic E-state index is 0.365.